The van der Waals surface area contributed by atoms with Gasteiger partial charge in [-0.15, -0.1) is 0 Å². The Balaban J connectivity index is 2.22. The largest absolute Gasteiger partial charge is 0.321 e. The summed E-state index contributed by atoms with van der Waals surface area (Å²) in [7, 11) is 0. The SMILES string of the molecule is O=C(Nc1cc(Cl)ccc1Br)c1ccncc1. The summed E-state index contributed by atoms with van der Waals surface area (Å²) in [6.07, 6.45) is 3.14. The smallest absolute Gasteiger partial charge is 0.255 e. The van der Waals surface area contributed by atoms with Crippen LogP contribution in [-0.2, 0) is 0 Å². The van der Waals surface area contributed by atoms with E-state index in [-0.39, 0.29) is 5.91 Å². The molecule has 0 bridgehead atoms. The average molecular weight is 312 g/mol. The maximum absolute atomic E-state index is 11.9. The fourth-order valence-electron chi connectivity index (χ4n) is 1.29. The first kappa shape index (κ1) is 12.1. The number of pyridine rings is 1. The van der Waals surface area contributed by atoms with E-state index in [1.54, 1.807) is 42.7 Å². The number of carbonyl (C=O) groups is 1. The molecule has 1 aromatic heterocycles. The van der Waals surface area contributed by atoms with Crippen molar-refractivity contribution in [3.63, 3.8) is 0 Å². The summed E-state index contributed by atoms with van der Waals surface area (Å²) in [6, 6.07) is 8.50. The second kappa shape index (κ2) is 5.29. The number of hydrogen-bond acceptors (Lipinski definition) is 2. The molecule has 0 spiro atoms. The molecule has 2 rings (SSSR count). The van der Waals surface area contributed by atoms with Crippen molar-refractivity contribution in [3.05, 3.63) is 57.8 Å². The third-order valence-corrected chi connectivity index (χ3v) is 3.05. The van der Waals surface area contributed by atoms with Gasteiger partial charge in [-0.1, -0.05) is 11.6 Å². The standard InChI is InChI=1S/C12H8BrClN2O/c13-10-2-1-9(14)7-11(10)16-12(17)8-3-5-15-6-4-8/h1-7H,(H,16,17). The Bertz CT molecular complexity index is 545. The van der Waals surface area contributed by atoms with Crippen molar-refractivity contribution in [2.24, 2.45) is 0 Å². The van der Waals surface area contributed by atoms with Gasteiger partial charge in [0.15, 0.2) is 0 Å². The molecule has 0 aliphatic heterocycles. The molecular formula is C12H8BrClN2O. The zero-order chi connectivity index (χ0) is 12.3. The van der Waals surface area contributed by atoms with Crippen LogP contribution in [0, 0.1) is 0 Å². The molecule has 1 N–H and O–H groups in total. The molecule has 0 aliphatic rings. The number of carbonyl (C=O) groups excluding carboxylic acids is 1. The van der Waals surface area contributed by atoms with Crippen LogP contribution in [0.3, 0.4) is 0 Å². The molecule has 86 valence electrons. The second-order valence-electron chi connectivity index (χ2n) is 3.31. The molecule has 0 radical (unpaired) electrons. The van der Waals surface area contributed by atoms with Gasteiger partial charge in [-0.3, -0.25) is 9.78 Å². The average Bonchev–Trinajstić information content (AvgIpc) is 2.35. The fourth-order valence-corrected chi connectivity index (χ4v) is 1.81. The van der Waals surface area contributed by atoms with Gasteiger partial charge in [-0.05, 0) is 46.3 Å². The Morgan fingerprint density at radius 2 is 1.94 bits per heavy atom. The van der Waals surface area contributed by atoms with Gasteiger partial charge >= 0.3 is 0 Å². The lowest BCUT2D eigenvalue weighted by Crippen LogP contribution is -2.12. The maximum atomic E-state index is 11.9. The molecule has 0 unspecified atom stereocenters. The highest BCUT2D eigenvalue weighted by Crippen LogP contribution is 2.26. The number of halogens is 2. The lowest BCUT2D eigenvalue weighted by molar-refractivity contribution is 0.102. The van der Waals surface area contributed by atoms with Crippen molar-refractivity contribution in [1.82, 2.24) is 4.98 Å². The maximum Gasteiger partial charge on any atom is 0.255 e. The quantitative estimate of drug-likeness (QED) is 0.918. The molecule has 3 nitrogen and oxygen atoms in total. The van der Waals surface area contributed by atoms with Crippen LogP contribution in [-0.4, -0.2) is 10.9 Å². The number of benzene rings is 1. The van der Waals surface area contributed by atoms with Crippen LogP contribution in [0.1, 0.15) is 10.4 Å². The highest BCUT2D eigenvalue weighted by molar-refractivity contribution is 9.10. The third-order valence-electron chi connectivity index (χ3n) is 2.12. The minimum absolute atomic E-state index is 0.199. The minimum Gasteiger partial charge on any atom is -0.321 e. The Hall–Kier alpha value is -1.39. The van der Waals surface area contributed by atoms with Gasteiger partial charge in [0.2, 0.25) is 0 Å². The molecule has 0 atom stereocenters. The second-order valence-corrected chi connectivity index (χ2v) is 4.60. The van der Waals surface area contributed by atoms with Gasteiger partial charge in [0.1, 0.15) is 0 Å². The molecular weight excluding hydrogens is 304 g/mol. The van der Waals surface area contributed by atoms with Gasteiger partial charge in [-0.25, -0.2) is 0 Å². The number of anilines is 1. The molecule has 0 fully saturated rings. The predicted molar refractivity (Wildman–Crippen MR) is 71.3 cm³/mol. The van der Waals surface area contributed by atoms with Crippen molar-refractivity contribution < 1.29 is 4.79 Å². The Morgan fingerprint density at radius 3 is 2.65 bits per heavy atom. The zero-order valence-electron chi connectivity index (χ0n) is 8.65. The summed E-state index contributed by atoms with van der Waals surface area (Å²) >= 11 is 9.21. The highest BCUT2D eigenvalue weighted by Gasteiger charge is 2.08. The van der Waals surface area contributed by atoms with Crippen LogP contribution in [0.15, 0.2) is 47.2 Å². The molecule has 1 aromatic carbocycles. The molecule has 2 aromatic rings. The van der Waals surface area contributed by atoms with E-state index in [2.05, 4.69) is 26.2 Å². The summed E-state index contributed by atoms with van der Waals surface area (Å²) in [5, 5.41) is 3.34. The van der Waals surface area contributed by atoms with Gasteiger partial charge in [0, 0.05) is 27.5 Å². The summed E-state index contributed by atoms with van der Waals surface area (Å²) in [6.45, 7) is 0. The zero-order valence-corrected chi connectivity index (χ0v) is 11.0. The number of aromatic nitrogens is 1. The van der Waals surface area contributed by atoms with Crippen molar-refractivity contribution in [1.29, 1.82) is 0 Å². The monoisotopic (exact) mass is 310 g/mol. The molecule has 0 saturated heterocycles. The summed E-state index contributed by atoms with van der Waals surface area (Å²) in [5.74, 6) is -0.199. The van der Waals surface area contributed by atoms with Crippen LogP contribution >= 0.6 is 27.5 Å². The number of nitrogens with zero attached hydrogens (tertiary/aromatic N) is 1. The van der Waals surface area contributed by atoms with Crippen LogP contribution in [0.2, 0.25) is 5.02 Å². The highest BCUT2D eigenvalue weighted by atomic mass is 79.9. The van der Waals surface area contributed by atoms with Crippen molar-refractivity contribution in [2.45, 2.75) is 0 Å². The molecule has 0 saturated carbocycles. The predicted octanol–water partition coefficient (Wildman–Crippen LogP) is 3.75. The minimum atomic E-state index is -0.199. The fraction of sp³-hybridized carbons (Fsp3) is 0. The van der Waals surface area contributed by atoms with Gasteiger partial charge in [0.05, 0.1) is 5.69 Å². The molecule has 17 heavy (non-hydrogen) atoms. The van der Waals surface area contributed by atoms with E-state index < -0.39 is 0 Å². The van der Waals surface area contributed by atoms with Crippen LogP contribution < -0.4 is 5.32 Å². The Kier molecular flexibility index (Phi) is 3.76. The summed E-state index contributed by atoms with van der Waals surface area (Å²) in [5.41, 5.74) is 1.19. The lowest BCUT2D eigenvalue weighted by atomic mass is 10.2. The first-order valence-corrected chi connectivity index (χ1v) is 6.00. The first-order chi connectivity index (χ1) is 8.16. The van der Waals surface area contributed by atoms with E-state index in [9.17, 15) is 4.79 Å². The van der Waals surface area contributed by atoms with Gasteiger partial charge in [-0.2, -0.15) is 0 Å². The van der Waals surface area contributed by atoms with E-state index in [1.807, 2.05) is 0 Å². The van der Waals surface area contributed by atoms with E-state index in [4.69, 9.17) is 11.6 Å². The van der Waals surface area contributed by atoms with Crippen LogP contribution in [0.5, 0.6) is 0 Å². The topological polar surface area (TPSA) is 42.0 Å². The molecule has 1 amide bonds. The van der Waals surface area contributed by atoms with E-state index in [0.29, 0.717) is 16.3 Å². The Labute approximate surface area is 112 Å². The van der Waals surface area contributed by atoms with E-state index in [1.165, 1.54) is 0 Å². The molecule has 0 aliphatic carbocycles. The summed E-state index contributed by atoms with van der Waals surface area (Å²) in [4.78, 5) is 15.7. The molecule has 1 heterocycles. The summed E-state index contributed by atoms with van der Waals surface area (Å²) < 4.78 is 0.782. The lowest BCUT2D eigenvalue weighted by Gasteiger charge is -2.07. The third kappa shape index (κ3) is 3.05. The number of hydrogen-bond donors (Lipinski definition) is 1. The van der Waals surface area contributed by atoms with Crippen LogP contribution in [0.4, 0.5) is 5.69 Å². The number of amides is 1. The van der Waals surface area contributed by atoms with Crippen molar-refractivity contribution in [2.75, 3.05) is 5.32 Å². The van der Waals surface area contributed by atoms with E-state index in [0.717, 1.165) is 4.47 Å². The number of rotatable bonds is 2. The van der Waals surface area contributed by atoms with Gasteiger partial charge in [0.25, 0.3) is 5.91 Å². The van der Waals surface area contributed by atoms with Crippen molar-refractivity contribution in [3.8, 4) is 0 Å². The van der Waals surface area contributed by atoms with E-state index >= 15 is 0 Å². The van der Waals surface area contributed by atoms with Crippen molar-refractivity contribution >= 4 is 39.1 Å². The van der Waals surface area contributed by atoms with Gasteiger partial charge < -0.3 is 5.32 Å². The normalized spacial score (nSPS) is 10.0. The molecule has 5 heteroatoms. The number of nitrogens with one attached hydrogen (secondary N) is 1. The van der Waals surface area contributed by atoms with Crippen LogP contribution in [0.25, 0.3) is 0 Å². The first-order valence-electron chi connectivity index (χ1n) is 4.83. The Morgan fingerprint density at radius 1 is 1.24 bits per heavy atom.